The summed E-state index contributed by atoms with van der Waals surface area (Å²) in [5.41, 5.74) is 27.9. The fourth-order valence-electron chi connectivity index (χ4n) is 13.9. The summed E-state index contributed by atoms with van der Waals surface area (Å²) < 4.78 is 2.45. The van der Waals surface area contributed by atoms with E-state index in [1.54, 1.807) is 0 Å². The molecule has 0 amide bonds. The number of aromatic nitrogens is 1. The Morgan fingerprint density at radius 2 is 0.803 bits per heavy atom. The Hall–Kier alpha value is -9.56. The molecule has 0 radical (unpaired) electrons. The summed E-state index contributed by atoms with van der Waals surface area (Å²) in [6.45, 7) is 0. The Kier molecular flexibility index (Phi) is 9.44. The third kappa shape index (κ3) is 6.21. The SMILES string of the molecule is c1ccc(C2(c3ccccc3)c3ccccc3-c3ccc(C(Cc4ccc5c(c4)c4ccccc4n5-c4ccc5ccccc5c4)c4ccc5c(c4)C(=C4c6ccccc6-c6ccccc64)c4ccccc4-5)cc32)cc1. The third-order valence-corrected chi connectivity index (χ3v) is 17.2. The fraction of sp³-hybridized carbons (Fsp3) is 0.0400. The van der Waals surface area contributed by atoms with E-state index in [0.29, 0.717) is 0 Å². The van der Waals surface area contributed by atoms with Gasteiger partial charge in [0, 0.05) is 22.4 Å². The molecule has 1 atom stereocenters. The molecular weight excluding hydrogens is 915 g/mol. The number of rotatable bonds is 7. The van der Waals surface area contributed by atoms with E-state index in [9.17, 15) is 0 Å². The Bertz CT molecular complexity index is 4460. The van der Waals surface area contributed by atoms with Gasteiger partial charge in [0.1, 0.15) is 0 Å². The van der Waals surface area contributed by atoms with Crippen LogP contribution >= 0.6 is 0 Å². The molecule has 0 saturated heterocycles. The molecule has 0 N–H and O–H groups in total. The monoisotopic (exact) mass is 963 g/mol. The Morgan fingerprint density at radius 3 is 1.49 bits per heavy atom. The lowest BCUT2D eigenvalue weighted by Crippen LogP contribution is -2.28. The molecule has 12 aromatic carbocycles. The molecule has 16 rings (SSSR count). The van der Waals surface area contributed by atoms with Crippen molar-refractivity contribution in [2.45, 2.75) is 17.8 Å². The molecule has 1 unspecified atom stereocenters. The van der Waals surface area contributed by atoms with Crippen molar-refractivity contribution in [3.05, 3.63) is 340 Å². The van der Waals surface area contributed by atoms with Crippen LogP contribution in [0.15, 0.2) is 279 Å². The predicted octanol–water partition coefficient (Wildman–Crippen LogP) is 18.6. The van der Waals surface area contributed by atoms with Crippen LogP contribution in [0.3, 0.4) is 0 Å². The summed E-state index contributed by atoms with van der Waals surface area (Å²) in [6.07, 6.45) is 0.810. The van der Waals surface area contributed by atoms with Gasteiger partial charge in [0.2, 0.25) is 0 Å². The lowest BCUT2D eigenvalue weighted by atomic mass is 9.67. The van der Waals surface area contributed by atoms with Crippen molar-refractivity contribution in [3.8, 4) is 39.1 Å². The maximum atomic E-state index is 2.59. The van der Waals surface area contributed by atoms with Gasteiger partial charge in [-0.05, 0) is 159 Å². The highest BCUT2D eigenvalue weighted by molar-refractivity contribution is 6.19. The molecule has 0 bridgehead atoms. The van der Waals surface area contributed by atoms with E-state index in [-0.39, 0.29) is 5.92 Å². The van der Waals surface area contributed by atoms with Crippen molar-refractivity contribution in [1.29, 1.82) is 0 Å². The van der Waals surface area contributed by atoms with Gasteiger partial charge in [0.15, 0.2) is 0 Å². The number of para-hydroxylation sites is 1. The van der Waals surface area contributed by atoms with E-state index in [2.05, 4.69) is 284 Å². The highest BCUT2D eigenvalue weighted by Crippen LogP contribution is 2.58. The number of hydrogen-bond donors (Lipinski definition) is 0. The molecule has 3 aliphatic carbocycles. The van der Waals surface area contributed by atoms with E-state index < -0.39 is 5.41 Å². The van der Waals surface area contributed by atoms with Gasteiger partial charge in [-0.3, -0.25) is 0 Å². The largest absolute Gasteiger partial charge is 0.309 e. The molecule has 1 aromatic heterocycles. The zero-order valence-corrected chi connectivity index (χ0v) is 41.8. The maximum Gasteiger partial charge on any atom is 0.0713 e. The Labute approximate surface area is 443 Å². The van der Waals surface area contributed by atoms with Gasteiger partial charge in [-0.25, -0.2) is 0 Å². The van der Waals surface area contributed by atoms with Crippen LogP contribution in [0, 0.1) is 0 Å². The molecule has 1 heteroatoms. The van der Waals surface area contributed by atoms with Crippen molar-refractivity contribution in [3.63, 3.8) is 0 Å². The van der Waals surface area contributed by atoms with Gasteiger partial charge in [-0.1, -0.05) is 243 Å². The molecule has 1 nitrogen and oxygen atoms in total. The first-order valence-electron chi connectivity index (χ1n) is 26.7. The average Bonchev–Trinajstić information content (AvgIpc) is 4.36. The maximum absolute atomic E-state index is 2.59. The molecular formula is C75H49N. The standard InChI is InChI=1S/C75H49N/c1-3-21-53(22-4-1)75(54-23-5-2-6-24-54)69-33-17-15-28-60(69)61-41-38-52(47-70(61)75)66(43-48-35-42-72-67(44-48)62-29-16-18-34-71(62)76(72)55-39-36-49-19-7-8-20-50(49)45-55)51-37-40-59-58-27-11-14-32-65(58)74(68(59)46-51)73-63-30-12-9-25-56(63)57-26-10-13-31-64(57)73/h1-42,44-47,66H,43H2. The third-order valence-electron chi connectivity index (χ3n) is 17.2. The van der Waals surface area contributed by atoms with Gasteiger partial charge < -0.3 is 4.57 Å². The molecule has 0 fully saturated rings. The molecule has 0 saturated carbocycles. The topological polar surface area (TPSA) is 4.93 Å². The quantitative estimate of drug-likeness (QED) is 0.150. The van der Waals surface area contributed by atoms with E-state index in [0.717, 1.165) is 6.42 Å². The van der Waals surface area contributed by atoms with Crippen LogP contribution in [-0.2, 0) is 11.8 Å². The van der Waals surface area contributed by atoms with Crippen LogP contribution in [0.2, 0.25) is 0 Å². The summed E-state index contributed by atoms with van der Waals surface area (Å²) in [4.78, 5) is 0. The fourth-order valence-corrected chi connectivity index (χ4v) is 13.9. The highest BCUT2D eigenvalue weighted by atomic mass is 15.0. The van der Waals surface area contributed by atoms with Crippen molar-refractivity contribution in [2.24, 2.45) is 0 Å². The molecule has 13 aromatic rings. The molecule has 0 aliphatic heterocycles. The Balaban J connectivity index is 0.930. The molecule has 76 heavy (non-hydrogen) atoms. The lowest BCUT2D eigenvalue weighted by Gasteiger charge is -2.34. The minimum Gasteiger partial charge on any atom is -0.309 e. The van der Waals surface area contributed by atoms with Crippen molar-refractivity contribution >= 4 is 43.7 Å². The number of benzene rings is 12. The summed E-state index contributed by atoms with van der Waals surface area (Å²) in [5, 5.41) is 5.02. The zero-order valence-electron chi connectivity index (χ0n) is 41.8. The molecule has 354 valence electrons. The second-order valence-corrected chi connectivity index (χ2v) is 21.0. The average molecular weight is 964 g/mol. The summed E-state index contributed by atoms with van der Waals surface area (Å²) in [7, 11) is 0. The van der Waals surface area contributed by atoms with E-state index >= 15 is 0 Å². The van der Waals surface area contributed by atoms with Crippen LogP contribution in [-0.4, -0.2) is 4.57 Å². The van der Waals surface area contributed by atoms with Crippen LogP contribution in [0.25, 0.3) is 82.8 Å². The van der Waals surface area contributed by atoms with Gasteiger partial charge in [-0.2, -0.15) is 0 Å². The van der Waals surface area contributed by atoms with Gasteiger partial charge in [0.05, 0.1) is 16.4 Å². The van der Waals surface area contributed by atoms with E-state index in [1.165, 1.54) is 144 Å². The minimum absolute atomic E-state index is 0.00737. The summed E-state index contributed by atoms with van der Waals surface area (Å²) in [6, 6.07) is 105. The van der Waals surface area contributed by atoms with Crippen molar-refractivity contribution in [2.75, 3.05) is 0 Å². The second-order valence-electron chi connectivity index (χ2n) is 21.0. The number of nitrogens with zero attached hydrogens (tertiary/aromatic N) is 1. The molecule has 3 aliphatic rings. The van der Waals surface area contributed by atoms with Crippen LogP contribution in [0.5, 0.6) is 0 Å². The number of fused-ring (bicyclic) bond motifs is 13. The van der Waals surface area contributed by atoms with E-state index in [1.807, 2.05) is 0 Å². The molecule has 0 spiro atoms. The number of hydrogen-bond acceptors (Lipinski definition) is 0. The lowest BCUT2D eigenvalue weighted by molar-refractivity contribution is 0.756. The van der Waals surface area contributed by atoms with Crippen molar-refractivity contribution < 1.29 is 0 Å². The van der Waals surface area contributed by atoms with Gasteiger partial charge >= 0.3 is 0 Å². The minimum atomic E-state index is -0.515. The predicted molar refractivity (Wildman–Crippen MR) is 316 cm³/mol. The van der Waals surface area contributed by atoms with Crippen LogP contribution in [0.4, 0.5) is 0 Å². The van der Waals surface area contributed by atoms with E-state index in [4.69, 9.17) is 0 Å². The van der Waals surface area contributed by atoms with Gasteiger partial charge in [-0.15, -0.1) is 0 Å². The van der Waals surface area contributed by atoms with Crippen LogP contribution in [0.1, 0.15) is 67.1 Å². The van der Waals surface area contributed by atoms with Gasteiger partial charge in [0.25, 0.3) is 0 Å². The first-order chi connectivity index (χ1) is 37.7. The highest BCUT2D eigenvalue weighted by Gasteiger charge is 2.46. The normalized spacial score (nSPS) is 13.8. The zero-order chi connectivity index (χ0) is 49.9. The summed E-state index contributed by atoms with van der Waals surface area (Å²) in [5.74, 6) is 0.00737. The first kappa shape index (κ1) is 42.9. The molecule has 1 heterocycles. The first-order valence-corrected chi connectivity index (χ1v) is 26.7. The van der Waals surface area contributed by atoms with Crippen molar-refractivity contribution in [1.82, 2.24) is 4.57 Å². The summed E-state index contributed by atoms with van der Waals surface area (Å²) >= 11 is 0. The smallest absolute Gasteiger partial charge is 0.0713 e. The van der Waals surface area contributed by atoms with Crippen LogP contribution < -0.4 is 0 Å². The second kappa shape index (κ2) is 16.7. The Morgan fingerprint density at radius 1 is 0.303 bits per heavy atom.